The van der Waals surface area contributed by atoms with Crippen LogP contribution in [0.3, 0.4) is 0 Å². The van der Waals surface area contributed by atoms with Crippen LogP contribution in [-0.4, -0.2) is 38.3 Å². The summed E-state index contributed by atoms with van der Waals surface area (Å²) in [5.41, 5.74) is 6.97. The molecule has 5 heteroatoms. The van der Waals surface area contributed by atoms with Gasteiger partial charge in [0.05, 0.1) is 16.7 Å². The molecular weight excluding hydrogens is 283 g/mol. The topological polar surface area (TPSA) is 38.5 Å². The quantitative estimate of drug-likeness (QED) is 0.909. The monoisotopic (exact) mass is 302 g/mol. The number of hydrogen-bond donors (Lipinski definition) is 1. The molecule has 2 N–H and O–H groups in total. The molecule has 1 aromatic carbocycles. The summed E-state index contributed by atoms with van der Waals surface area (Å²) < 4.78 is 5.23. The summed E-state index contributed by atoms with van der Waals surface area (Å²) in [4.78, 5) is 2.38. The van der Waals surface area contributed by atoms with Crippen molar-refractivity contribution in [3.8, 4) is 0 Å². The van der Waals surface area contributed by atoms with Crippen LogP contribution < -0.4 is 5.73 Å². The van der Waals surface area contributed by atoms with Gasteiger partial charge < -0.3 is 10.5 Å². The lowest BCUT2D eigenvalue weighted by Gasteiger charge is -2.28. The van der Waals surface area contributed by atoms with E-state index in [9.17, 15) is 0 Å². The smallest absolute Gasteiger partial charge is 0.0640 e. The molecular formula is C14H20Cl2N2O. The summed E-state index contributed by atoms with van der Waals surface area (Å²) in [6.07, 6.45) is 1.14. The van der Waals surface area contributed by atoms with Gasteiger partial charge in [0.15, 0.2) is 0 Å². The molecule has 0 saturated carbocycles. The molecule has 0 bridgehead atoms. The van der Waals surface area contributed by atoms with Crippen LogP contribution in [0.2, 0.25) is 10.0 Å². The molecule has 1 heterocycles. The third-order valence-corrected chi connectivity index (χ3v) is 4.56. The van der Waals surface area contributed by atoms with Crippen LogP contribution in [0, 0.1) is 5.92 Å². The Hall–Kier alpha value is -0.320. The fourth-order valence-corrected chi connectivity index (χ4v) is 3.20. The number of hydrogen-bond acceptors (Lipinski definition) is 3. The fraction of sp³-hybridized carbons (Fsp3) is 0.571. The van der Waals surface area contributed by atoms with Crippen molar-refractivity contribution in [2.75, 3.05) is 33.4 Å². The van der Waals surface area contributed by atoms with E-state index in [1.165, 1.54) is 0 Å². The Morgan fingerprint density at radius 2 is 2.26 bits per heavy atom. The third-order valence-electron chi connectivity index (χ3n) is 3.72. The van der Waals surface area contributed by atoms with Crippen LogP contribution in [0.5, 0.6) is 0 Å². The number of likely N-dealkylation sites (tertiary alicyclic amines) is 1. The molecule has 2 atom stereocenters. The molecule has 0 spiro atoms. The molecule has 0 radical (unpaired) electrons. The number of methoxy groups -OCH3 is 1. The van der Waals surface area contributed by atoms with E-state index in [1.54, 1.807) is 13.2 Å². The van der Waals surface area contributed by atoms with Gasteiger partial charge in [0.2, 0.25) is 0 Å². The van der Waals surface area contributed by atoms with Crippen LogP contribution in [0.1, 0.15) is 18.0 Å². The number of ether oxygens (including phenoxy) is 1. The number of nitrogens with zero attached hydrogens (tertiary/aromatic N) is 1. The molecule has 0 aliphatic carbocycles. The predicted molar refractivity (Wildman–Crippen MR) is 79.8 cm³/mol. The maximum Gasteiger partial charge on any atom is 0.0640 e. The first-order valence-corrected chi connectivity index (χ1v) is 7.30. The molecule has 1 aromatic rings. The van der Waals surface area contributed by atoms with Crippen molar-refractivity contribution in [1.82, 2.24) is 4.90 Å². The molecule has 1 saturated heterocycles. The van der Waals surface area contributed by atoms with E-state index < -0.39 is 0 Å². The van der Waals surface area contributed by atoms with Crippen molar-refractivity contribution < 1.29 is 4.74 Å². The van der Waals surface area contributed by atoms with Gasteiger partial charge in [0.25, 0.3) is 0 Å². The molecule has 106 valence electrons. The SMILES string of the molecule is COCC1CCN(C(CN)c2cccc(Cl)c2Cl)C1. The highest BCUT2D eigenvalue weighted by atomic mass is 35.5. The molecule has 2 rings (SSSR count). The zero-order chi connectivity index (χ0) is 13.8. The Labute approximate surface area is 124 Å². The van der Waals surface area contributed by atoms with Crippen LogP contribution in [0.15, 0.2) is 18.2 Å². The first kappa shape index (κ1) is 15.1. The minimum Gasteiger partial charge on any atom is -0.384 e. The second-order valence-corrected chi connectivity index (χ2v) is 5.78. The van der Waals surface area contributed by atoms with Crippen molar-refractivity contribution in [2.24, 2.45) is 11.7 Å². The number of halogens is 2. The van der Waals surface area contributed by atoms with Gasteiger partial charge in [0, 0.05) is 26.2 Å². The van der Waals surface area contributed by atoms with Crippen molar-refractivity contribution in [1.29, 1.82) is 0 Å². The lowest BCUT2D eigenvalue weighted by atomic mass is 10.1. The molecule has 1 aliphatic rings. The minimum absolute atomic E-state index is 0.132. The van der Waals surface area contributed by atoms with Crippen molar-refractivity contribution >= 4 is 23.2 Å². The van der Waals surface area contributed by atoms with E-state index in [1.807, 2.05) is 12.1 Å². The van der Waals surface area contributed by atoms with Crippen LogP contribution >= 0.6 is 23.2 Å². The Balaban J connectivity index is 2.14. The Morgan fingerprint density at radius 1 is 1.47 bits per heavy atom. The van der Waals surface area contributed by atoms with Gasteiger partial charge >= 0.3 is 0 Å². The summed E-state index contributed by atoms with van der Waals surface area (Å²) in [7, 11) is 1.75. The minimum atomic E-state index is 0.132. The Bertz CT molecular complexity index is 428. The van der Waals surface area contributed by atoms with Crippen molar-refractivity contribution in [3.05, 3.63) is 33.8 Å². The molecule has 1 fully saturated rings. The standard InChI is InChI=1S/C14H20Cl2N2O/c1-19-9-10-5-6-18(8-10)13(7-17)11-3-2-4-12(15)14(11)16/h2-4,10,13H,5-9,17H2,1H3. The maximum absolute atomic E-state index is 6.30. The molecule has 0 aromatic heterocycles. The van der Waals surface area contributed by atoms with Gasteiger partial charge in [-0.2, -0.15) is 0 Å². The van der Waals surface area contributed by atoms with Gasteiger partial charge in [0.1, 0.15) is 0 Å². The predicted octanol–water partition coefficient (Wildman–Crippen LogP) is 2.96. The highest BCUT2D eigenvalue weighted by Crippen LogP contribution is 2.34. The Morgan fingerprint density at radius 3 is 2.95 bits per heavy atom. The van der Waals surface area contributed by atoms with E-state index in [4.69, 9.17) is 33.7 Å². The number of nitrogens with two attached hydrogens (primary N) is 1. The number of benzene rings is 1. The first-order chi connectivity index (χ1) is 9.17. The third kappa shape index (κ3) is 3.41. The van der Waals surface area contributed by atoms with Crippen molar-refractivity contribution in [3.63, 3.8) is 0 Å². The summed E-state index contributed by atoms with van der Waals surface area (Å²) in [5.74, 6) is 0.581. The zero-order valence-corrected chi connectivity index (χ0v) is 12.6. The Kier molecular flexibility index (Phi) is 5.48. The summed E-state index contributed by atoms with van der Waals surface area (Å²) in [5, 5.41) is 1.21. The largest absolute Gasteiger partial charge is 0.384 e. The van der Waals surface area contributed by atoms with E-state index >= 15 is 0 Å². The van der Waals surface area contributed by atoms with Gasteiger partial charge in [-0.3, -0.25) is 4.90 Å². The molecule has 1 aliphatic heterocycles. The van der Waals surface area contributed by atoms with Gasteiger partial charge in [-0.25, -0.2) is 0 Å². The van der Waals surface area contributed by atoms with Crippen LogP contribution in [-0.2, 0) is 4.74 Å². The fourth-order valence-electron chi connectivity index (χ4n) is 2.77. The summed E-state index contributed by atoms with van der Waals surface area (Å²) in [6, 6.07) is 5.87. The lowest BCUT2D eigenvalue weighted by Crippen LogP contribution is -2.32. The lowest BCUT2D eigenvalue weighted by molar-refractivity contribution is 0.147. The summed E-state index contributed by atoms with van der Waals surface area (Å²) >= 11 is 12.4. The van der Waals surface area contributed by atoms with Gasteiger partial charge in [-0.05, 0) is 30.5 Å². The van der Waals surface area contributed by atoms with Crippen LogP contribution in [0.25, 0.3) is 0 Å². The summed E-state index contributed by atoms with van der Waals surface area (Å²) in [6.45, 7) is 3.37. The molecule has 19 heavy (non-hydrogen) atoms. The normalized spacial score (nSPS) is 21.8. The zero-order valence-electron chi connectivity index (χ0n) is 11.1. The highest BCUT2D eigenvalue weighted by Gasteiger charge is 2.29. The molecule has 3 nitrogen and oxygen atoms in total. The van der Waals surface area contributed by atoms with E-state index in [-0.39, 0.29) is 6.04 Å². The average molecular weight is 303 g/mol. The first-order valence-electron chi connectivity index (χ1n) is 6.54. The van der Waals surface area contributed by atoms with E-state index in [0.717, 1.165) is 31.7 Å². The maximum atomic E-state index is 6.30. The highest BCUT2D eigenvalue weighted by molar-refractivity contribution is 6.42. The van der Waals surface area contributed by atoms with E-state index in [2.05, 4.69) is 4.90 Å². The second kappa shape index (κ2) is 6.91. The number of rotatable bonds is 5. The van der Waals surface area contributed by atoms with Gasteiger partial charge in [-0.1, -0.05) is 35.3 Å². The van der Waals surface area contributed by atoms with E-state index in [0.29, 0.717) is 22.5 Å². The van der Waals surface area contributed by atoms with Crippen LogP contribution in [0.4, 0.5) is 0 Å². The molecule has 2 unspecified atom stereocenters. The molecule has 0 amide bonds. The second-order valence-electron chi connectivity index (χ2n) is 5.00. The van der Waals surface area contributed by atoms with Gasteiger partial charge in [-0.15, -0.1) is 0 Å². The average Bonchev–Trinajstić information content (AvgIpc) is 2.84. The van der Waals surface area contributed by atoms with Crippen molar-refractivity contribution in [2.45, 2.75) is 12.5 Å².